The van der Waals surface area contributed by atoms with Crippen molar-refractivity contribution >= 4 is 39.8 Å². The minimum atomic E-state index is -5.41. The van der Waals surface area contributed by atoms with Crippen molar-refractivity contribution in [3.63, 3.8) is 0 Å². The number of rotatable bonds is 3. The number of nitro groups is 1. The molecule has 0 fully saturated rings. The van der Waals surface area contributed by atoms with E-state index in [0.717, 1.165) is 0 Å². The average molecular weight is 442 g/mol. The van der Waals surface area contributed by atoms with Crippen LogP contribution in [-0.2, 0) is 17.0 Å². The smallest absolute Gasteiger partial charge is 0.358 e. The number of nitrogens with zero attached hydrogens (tertiary/aromatic N) is 2. The molecule has 15 heteroatoms. The van der Waals surface area contributed by atoms with E-state index in [1.165, 1.54) is 0 Å². The number of aromatic amines is 1. The predicted molar refractivity (Wildman–Crippen MR) is 78.2 cm³/mol. The first-order valence-corrected chi connectivity index (χ1v) is 7.93. The molecule has 0 aliphatic rings. The number of hydrogen-bond acceptors (Lipinski definition) is 4. The molecule has 6 nitrogen and oxygen atoms in total. The zero-order valence-electron chi connectivity index (χ0n) is 11.7. The molecule has 0 saturated heterocycles. The lowest BCUT2D eigenvalue weighted by Crippen LogP contribution is -2.17. The molecule has 1 N–H and O–H groups in total. The van der Waals surface area contributed by atoms with Gasteiger partial charge in [0.05, 0.1) is 15.6 Å². The molecule has 2 aromatic rings. The summed E-state index contributed by atoms with van der Waals surface area (Å²) in [6.07, 6.45) is -4.86. The Kier molecular flexibility index (Phi) is 5.27. The van der Waals surface area contributed by atoms with Crippen molar-refractivity contribution in [3.8, 4) is 11.3 Å². The van der Waals surface area contributed by atoms with Crippen molar-refractivity contribution in [2.75, 3.05) is 0 Å². The highest BCUT2D eigenvalue weighted by Crippen LogP contribution is 2.44. The summed E-state index contributed by atoms with van der Waals surface area (Å²) in [4.78, 5) is 8.14. The Morgan fingerprint density at radius 3 is 2.00 bits per heavy atom. The molecule has 0 radical (unpaired) electrons. The average Bonchev–Trinajstić information content (AvgIpc) is 2.88. The molecular weight excluding hydrogens is 439 g/mol. The van der Waals surface area contributed by atoms with E-state index in [1.54, 1.807) is 5.10 Å². The molecule has 0 saturated carbocycles. The number of halogens is 8. The summed E-state index contributed by atoms with van der Waals surface area (Å²) >= 11 is 11.3. The standard InChI is InChI=1S/C11H3Cl2F6N3O3S/c12-4-1-3(10(14,15)16)2-5(13)6(4)7-8(26(25)11(17,18)19)9(21-20-7)22(23)24/h1-2H,(H,20,21). The Morgan fingerprint density at radius 2 is 1.62 bits per heavy atom. The third kappa shape index (κ3) is 3.78. The lowest BCUT2D eigenvalue weighted by atomic mass is 10.1. The van der Waals surface area contributed by atoms with Gasteiger partial charge in [0.25, 0.3) is 0 Å². The van der Waals surface area contributed by atoms with Gasteiger partial charge in [0.1, 0.15) is 5.69 Å². The van der Waals surface area contributed by atoms with Crippen LogP contribution in [0.4, 0.5) is 32.2 Å². The maximum Gasteiger partial charge on any atom is 0.476 e. The van der Waals surface area contributed by atoms with Crippen molar-refractivity contribution in [3.05, 3.63) is 37.9 Å². The number of nitrogens with one attached hydrogen (secondary N) is 1. The van der Waals surface area contributed by atoms with E-state index < -0.39 is 65.0 Å². The van der Waals surface area contributed by atoms with Crippen LogP contribution < -0.4 is 0 Å². The van der Waals surface area contributed by atoms with Gasteiger partial charge in [-0.1, -0.05) is 28.3 Å². The van der Waals surface area contributed by atoms with Gasteiger partial charge in [0.15, 0.2) is 15.7 Å². The molecule has 0 aliphatic heterocycles. The Balaban J connectivity index is 2.79. The van der Waals surface area contributed by atoms with Gasteiger partial charge in [0.2, 0.25) is 0 Å². The zero-order chi connectivity index (χ0) is 20.0. The summed E-state index contributed by atoms with van der Waals surface area (Å²) < 4.78 is 88.2. The largest absolute Gasteiger partial charge is 0.476 e. The van der Waals surface area contributed by atoms with Crippen LogP contribution in [0.1, 0.15) is 5.56 Å². The Morgan fingerprint density at radius 1 is 1.12 bits per heavy atom. The van der Waals surface area contributed by atoms with E-state index in [1.807, 2.05) is 0 Å². The highest BCUT2D eigenvalue weighted by atomic mass is 35.5. The maximum atomic E-state index is 12.8. The van der Waals surface area contributed by atoms with Gasteiger partial charge in [-0.2, -0.15) is 26.3 Å². The summed E-state index contributed by atoms with van der Waals surface area (Å²) in [7, 11) is -3.93. The lowest BCUT2D eigenvalue weighted by Gasteiger charge is -2.12. The summed E-state index contributed by atoms with van der Waals surface area (Å²) in [5.74, 6) is -1.36. The maximum absolute atomic E-state index is 12.8. The van der Waals surface area contributed by atoms with Gasteiger partial charge in [0, 0.05) is 5.56 Å². The molecule has 1 unspecified atom stereocenters. The first kappa shape index (κ1) is 20.5. The Hall–Kier alpha value is -1.86. The van der Waals surface area contributed by atoms with Crippen LogP contribution in [0, 0.1) is 10.1 Å². The first-order chi connectivity index (χ1) is 11.7. The van der Waals surface area contributed by atoms with E-state index >= 15 is 0 Å². The molecule has 142 valence electrons. The van der Waals surface area contributed by atoms with Crippen LogP contribution in [0.25, 0.3) is 11.3 Å². The fraction of sp³-hybridized carbons (Fsp3) is 0.182. The minimum Gasteiger partial charge on any atom is -0.358 e. The van der Waals surface area contributed by atoms with E-state index in [9.17, 15) is 40.7 Å². The molecule has 26 heavy (non-hydrogen) atoms. The third-order valence-corrected chi connectivity index (χ3v) is 4.66. The van der Waals surface area contributed by atoms with Crippen LogP contribution in [0.2, 0.25) is 10.0 Å². The fourth-order valence-corrected chi connectivity index (χ4v) is 3.39. The molecule has 0 bridgehead atoms. The SMILES string of the molecule is O=[N+]([O-])c1[nH]nc(-c2c(Cl)cc(C(F)(F)F)cc2Cl)c1S(=O)C(F)(F)F. The van der Waals surface area contributed by atoms with Gasteiger partial charge in [-0.3, -0.25) is 0 Å². The summed E-state index contributed by atoms with van der Waals surface area (Å²) in [5, 5.41) is 14.2. The van der Waals surface area contributed by atoms with Crippen LogP contribution in [0.15, 0.2) is 17.0 Å². The molecule has 0 aliphatic carbocycles. The van der Waals surface area contributed by atoms with E-state index in [0.29, 0.717) is 12.1 Å². The Bertz CT molecular complexity index is 889. The molecule has 0 amide bonds. The number of aromatic nitrogens is 2. The molecule has 1 heterocycles. The minimum absolute atomic E-state index is 0.351. The van der Waals surface area contributed by atoms with Crippen molar-refractivity contribution in [1.29, 1.82) is 0 Å². The second-order valence-electron chi connectivity index (χ2n) is 4.53. The normalized spacial score (nSPS) is 13.7. The van der Waals surface area contributed by atoms with Crippen molar-refractivity contribution in [1.82, 2.24) is 10.2 Å². The van der Waals surface area contributed by atoms with Crippen molar-refractivity contribution in [2.24, 2.45) is 0 Å². The summed E-state index contributed by atoms with van der Waals surface area (Å²) in [5.41, 5.74) is -8.33. The Labute approximate surface area is 151 Å². The molecule has 1 aromatic heterocycles. The zero-order valence-corrected chi connectivity index (χ0v) is 14.0. The van der Waals surface area contributed by atoms with Crippen molar-refractivity contribution < 1.29 is 35.5 Å². The van der Waals surface area contributed by atoms with Crippen molar-refractivity contribution in [2.45, 2.75) is 16.6 Å². The molecule has 2 rings (SSSR count). The third-order valence-electron chi connectivity index (χ3n) is 2.89. The highest BCUT2D eigenvalue weighted by Gasteiger charge is 2.45. The quantitative estimate of drug-likeness (QED) is 0.415. The lowest BCUT2D eigenvalue weighted by molar-refractivity contribution is -0.392. The van der Waals surface area contributed by atoms with Gasteiger partial charge in [-0.05, 0) is 17.1 Å². The first-order valence-electron chi connectivity index (χ1n) is 6.03. The van der Waals surface area contributed by atoms with Gasteiger partial charge in [-0.15, -0.1) is 5.10 Å². The predicted octanol–water partition coefficient (Wildman–Crippen LogP) is 4.94. The van der Waals surface area contributed by atoms with Gasteiger partial charge >= 0.3 is 17.5 Å². The fourth-order valence-electron chi connectivity index (χ4n) is 1.87. The van der Waals surface area contributed by atoms with Gasteiger partial charge < -0.3 is 10.1 Å². The summed E-state index contributed by atoms with van der Waals surface area (Å²) in [6.45, 7) is 0. The molecular formula is C11H3Cl2F6N3O3S. The van der Waals surface area contributed by atoms with E-state index in [2.05, 4.69) is 5.10 Å². The number of alkyl halides is 6. The number of hydrogen-bond donors (Lipinski definition) is 1. The topological polar surface area (TPSA) is 88.9 Å². The molecule has 0 spiro atoms. The van der Waals surface area contributed by atoms with Gasteiger partial charge in [-0.25, -0.2) is 4.21 Å². The molecule has 1 aromatic carbocycles. The van der Waals surface area contributed by atoms with E-state index in [4.69, 9.17) is 23.2 Å². The highest BCUT2D eigenvalue weighted by molar-refractivity contribution is 7.86. The summed E-state index contributed by atoms with van der Waals surface area (Å²) in [6, 6.07) is 0.702. The second kappa shape index (κ2) is 6.70. The second-order valence-corrected chi connectivity index (χ2v) is 6.76. The van der Waals surface area contributed by atoms with Crippen LogP contribution in [0.3, 0.4) is 0 Å². The number of H-pyrrole nitrogens is 1. The molecule has 1 atom stereocenters. The van der Waals surface area contributed by atoms with E-state index in [-0.39, 0.29) is 0 Å². The number of benzene rings is 1. The van der Waals surface area contributed by atoms with Crippen LogP contribution in [0.5, 0.6) is 0 Å². The monoisotopic (exact) mass is 441 g/mol. The van der Waals surface area contributed by atoms with Crippen LogP contribution >= 0.6 is 23.2 Å². The van der Waals surface area contributed by atoms with Crippen LogP contribution in [-0.4, -0.2) is 24.8 Å².